The van der Waals surface area contributed by atoms with Crippen LogP contribution in [0.2, 0.25) is 5.02 Å². The lowest BCUT2D eigenvalue weighted by atomic mass is 9.94. The van der Waals surface area contributed by atoms with Crippen molar-refractivity contribution in [2.24, 2.45) is 11.1 Å². The van der Waals surface area contributed by atoms with Gasteiger partial charge in [-0.15, -0.1) is 0 Å². The minimum atomic E-state index is -0.327. The van der Waals surface area contributed by atoms with Gasteiger partial charge in [0.1, 0.15) is 0 Å². The molecule has 2 aliphatic rings. The monoisotopic (exact) mass is 278 g/mol. The summed E-state index contributed by atoms with van der Waals surface area (Å²) in [5.41, 5.74) is 7.43. The van der Waals surface area contributed by atoms with Gasteiger partial charge in [-0.05, 0) is 49.3 Å². The number of hydrogen-bond acceptors (Lipinski definition) is 2. The second-order valence-corrected chi connectivity index (χ2v) is 6.31. The Morgan fingerprint density at radius 3 is 2.74 bits per heavy atom. The maximum Gasteiger partial charge on any atom is 0.223 e. The van der Waals surface area contributed by atoms with Gasteiger partial charge in [-0.2, -0.15) is 0 Å². The first-order valence-corrected chi connectivity index (χ1v) is 7.27. The molecule has 0 unspecified atom stereocenters. The quantitative estimate of drug-likeness (QED) is 0.840. The van der Waals surface area contributed by atoms with Gasteiger partial charge in [-0.1, -0.05) is 23.7 Å². The Hall–Kier alpha value is -1.06. The van der Waals surface area contributed by atoms with E-state index in [0.29, 0.717) is 12.5 Å². The molecule has 3 rings (SSSR count). The zero-order valence-electron chi connectivity index (χ0n) is 10.9. The Balaban J connectivity index is 1.72. The zero-order valence-corrected chi connectivity index (χ0v) is 11.7. The first-order chi connectivity index (χ1) is 9.09. The van der Waals surface area contributed by atoms with Crippen LogP contribution in [0.25, 0.3) is 0 Å². The minimum Gasteiger partial charge on any atom is -0.369 e. The summed E-state index contributed by atoms with van der Waals surface area (Å²) in [4.78, 5) is 11.5. The fraction of sp³-hybridized carbons (Fsp3) is 0.533. The van der Waals surface area contributed by atoms with Gasteiger partial charge in [0.05, 0.1) is 5.41 Å². The maximum atomic E-state index is 11.5. The first-order valence-electron chi connectivity index (χ1n) is 6.90. The molecule has 3 N–H and O–H groups in total. The van der Waals surface area contributed by atoms with Crippen LogP contribution in [-0.2, 0) is 17.8 Å². The SMILES string of the molecule is NC(=O)C1(Cc2cc(CNC3CC3)ccc2Cl)CC1. The van der Waals surface area contributed by atoms with Crippen molar-refractivity contribution in [2.75, 3.05) is 0 Å². The van der Waals surface area contributed by atoms with E-state index in [1.54, 1.807) is 0 Å². The van der Waals surface area contributed by atoms with Crippen LogP contribution < -0.4 is 11.1 Å². The van der Waals surface area contributed by atoms with E-state index in [9.17, 15) is 4.79 Å². The maximum absolute atomic E-state index is 11.5. The molecule has 0 saturated heterocycles. The van der Waals surface area contributed by atoms with Crippen LogP contribution >= 0.6 is 11.6 Å². The molecule has 0 heterocycles. The molecule has 0 radical (unpaired) electrons. The summed E-state index contributed by atoms with van der Waals surface area (Å²) in [5, 5.41) is 4.22. The third-order valence-electron chi connectivity index (χ3n) is 4.19. The molecule has 102 valence electrons. The summed E-state index contributed by atoms with van der Waals surface area (Å²) in [6.45, 7) is 0.873. The van der Waals surface area contributed by atoms with E-state index < -0.39 is 0 Å². The van der Waals surface area contributed by atoms with Crippen LogP contribution in [0, 0.1) is 5.41 Å². The van der Waals surface area contributed by atoms with Crippen LogP contribution in [0.1, 0.15) is 36.8 Å². The van der Waals surface area contributed by atoms with Crippen LogP contribution in [0.4, 0.5) is 0 Å². The molecular formula is C15H19ClN2O. The van der Waals surface area contributed by atoms with Crippen molar-refractivity contribution in [3.8, 4) is 0 Å². The third kappa shape index (κ3) is 2.93. The average Bonchev–Trinajstić information content (AvgIpc) is 3.24. The summed E-state index contributed by atoms with van der Waals surface area (Å²) in [6.07, 6.45) is 5.03. The van der Waals surface area contributed by atoms with Gasteiger partial charge in [0.2, 0.25) is 5.91 Å². The Bertz CT molecular complexity index is 507. The molecule has 0 atom stereocenters. The van der Waals surface area contributed by atoms with Gasteiger partial charge in [0, 0.05) is 17.6 Å². The Morgan fingerprint density at radius 2 is 2.16 bits per heavy atom. The summed E-state index contributed by atoms with van der Waals surface area (Å²) < 4.78 is 0. The van der Waals surface area contributed by atoms with E-state index in [1.807, 2.05) is 12.1 Å². The fourth-order valence-corrected chi connectivity index (χ4v) is 2.63. The lowest BCUT2D eigenvalue weighted by Crippen LogP contribution is -2.26. The molecule has 1 aromatic carbocycles. The van der Waals surface area contributed by atoms with Crippen molar-refractivity contribution >= 4 is 17.5 Å². The summed E-state index contributed by atoms with van der Waals surface area (Å²) in [5.74, 6) is -0.190. The summed E-state index contributed by atoms with van der Waals surface area (Å²) >= 11 is 6.24. The van der Waals surface area contributed by atoms with Crippen molar-refractivity contribution in [3.05, 3.63) is 34.3 Å². The highest BCUT2D eigenvalue weighted by molar-refractivity contribution is 6.31. The van der Waals surface area contributed by atoms with Crippen LogP contribution in [-0.4, -0.2) is 11.9 Å². The highest BCUT2D eigenvalue weighted by atomic mass is 35.5. The molecule has 1 aromatic rings. The molecule has 2 fully saturated rings. The van der Waals surface area contributed by atoms with E-state index in [4.69, 9.17) is 17.3 Å². The van der Waals surface area contributed by atoms with Gasteiger partial charge in [0.15, 0.2) is 0 Å². The number of rotatable bonds is 6. The van der Waals surface area contributed by atoms with Crippen LogP contribution in [0.5, 0.6) is 0 Å². The molecule has 1 amide bonds. The lowest BCUT2D eigenvalue weighted by Gasteiger charge is -2.13. The van der Waals surface area contributed by atoms with E-state index in [1.165, 1.54) is 18.4 Å². The predicted molar refractivity (Wildman–Crippen MR) is 75.9 cm³/mol. The number of carbonyl (C=O) groups excluding carboxylic acids is 1. The number of halogens is 1. The molecule has 0 bridgehead atoms. The summed E-state index contributed by atoms with van der Waals surface area (Å²) in [7, 11) is 0. The standard InChI is InChI=1S/C15H19ClN2O/c16-13-4-1-10(9-18-12-2-3-12)7-11(13)8-15(5-6-15)14(17)19/h1,4,7,12,18H,2-3,5-6,8-9H2,(H2,17,19). The predicted octanol–water partition coefficient (Wildman–Crippen LogP) is 2.40. The molecule has 2 aliphatic carbocycles. The van der Waals surface area contributed by atoms with Crippen molar-refractivity contribution < 1.29 is 4.79 Å². The lowest BCUT2D eigenvalue weighted by molar-refractivity contribution is -0.123. The van der Waals surface area contributed by atoms with Crippen LogP contribution in [0.3, 0.4) is 0 Å². The number of primary amides is 1. The normalized spacial score (nSPS) is 20.3. The topological polar surface area (TPSA) is 55.1 Å². The largest absolute Gasteiger partial charge is 0.369 e. The van der Waals surface area contributed by atoms with Crippen molar-refractivity contribution in [1.82, 2.24) is 5.32 Å². The molecule has 19 heavy (non-hydrogen) atoms. The smallest absolute Gasteiger partial charge is 0.223 e. The summed E-state index contributed by atoms with van der Waals surface area (Å²) in [6, 6.07) is 6.78. The van der Waals surface area contributed by atoms with Crippen LogP contribution in [0.15, 0.2) is 18.2 Å². The van der Waals surface area contributed by atoms with Crippen molar-refractivity contribution in [2.45, 2.75) is 44.7 Å². The second-order valence-electron chi connectivity index (χ2n) is 5.90. The Labute approximate surface area is 118 Å². The zero-order chi connectivity index (χ0) is 13.5. The van der Waals surface area contributed by atoms with Crippen molar-refractivity contribution in [3.63, 3.8) is 0 Å². The van der Waals surface area contributed by atoms with Gasteiger partial charge in [0.25, 0.3) is 0 Å². The van der Waals surface area contributed by atoms with E-state index in [2.05, 4.69) is 11.4 Å². The number of benzene rings is 1. The number of nitrogens with one attached hydrogen (secondary N) is 1. The van der Waals surface area contributed by atoms with Crippen molar-refractivity contribution in [1.29, 1.82) is 0 Å². The van der Waals surface area contributed by atoms with Gasteiger partial charge in [-0.3, -0.25) is 4.79 Å². The Morgan fingerprint density at radius 1 is 1.42 bits per heavy atom. The molecule has 0 aliphatic heterocycles. The molecular weight excluding hydrogens is 260 g/mol. The first kappa shape index (κ1) is 12.9. The number of hydrogen-bond donors (Lipinski definition) is 2. The van der Waals surface area contributed by atoms with E-state index in [0.717, 1.165) is 30.0 Å². The Kier molecular flexibility index (Phi) is 3.27. The second kappa shape index (κ2) is 4.80. The number of nitrogens with two attached hydrogens (primary N) is 1. The van der Waals surface area contributed by atoms with E-state index in [-0.39, 0.29) is 11.3 Å². The fourth-order valence-electron chi connectivity index (χ4n) is 2.45. The number of amides is 1. The molecule has 0 aromatic heterocycles. The molecule has 2 saturated carbocycles. The molecule has 3 nitrogen and oxygen atoms in total. The molecule has 0 spiro atoms. The minimum absolute atomic E-state index is 0.190. The van der Waals surface area contributed by atoms with Gasteiger partial charge in [-0.25, -0.2) is 0 Å². The van der Waals surface area contributed by atoms with E-state index >= 15 is 0 Å². The number of carbonyl (C=O) groups is 1. The highest BCUT2D eigenvalue weighted by Gasteiger charge is 2.48. The van der Waals surface area contributed by atoms with Gasteiger partial charge >= 0.3 is 0 Å². The highest BCUT2D eigenvalue weighted by Crippen LogP contribution is 2.48. The molecule has 4 heteroatoms. The average molecular weight is 279 g/mol. The third-order valence-corrected chi connectivity index (χ3v) is 4.56. The van der Waals surface area contributed by atoms with Gasteiger partial charge < -0.3 is 11.1 Å².